The Hall–Kier alpha value is -1.16. The number of para-hydroxylation sites is 1. The van der Waals surface area contributed by atoms with E-state index in [2.05, 4.69) is 29.3 Å². The number of hydrogen-bond acceptors (Lipinski definition) is 3. The first-order valence-electron chi connectivity index (χ1n) is 6.72. The summed E-state index contributed by atoms with van der Waals surface area (Å²) in [7, 11) is 0. The van der Waals surface area contributed by atoms with Gasteiger partial charge in [0.2, 0.25) is 0 Å². The van der Waals surface area contributed by atoms with Gasteiger partial charge in [0, 0.05) is 38.1 Å². The third kappa shape index (κ3) is 2.59. The van der Waals surface area contributed by atoms with Crippen LogP contribution in [0.3, 0.4) is 0 Å². The van der Waals surface area contributed by atoms with Crippen molar-refractivity contribution in [2.45, 2.75) is 13.5 Å². The van der Waals surface area contributed by atoms with Crippen LogP contribution in [0.1, 0.15) is 11.3 Å². The summed E-state index contributed by atoms with van der Waals surface area (Å²) in [5, 5.41) is 5.33. The Balaban J connectivity index is 1.96. The summed E-state index contributed by atoms with van der Waals surface area (Å²) in [5.74, 6) is 0. The van der Waals surface area contributed by atoms with Crippen LogP contribution in [-0.4, -0.2) is 36.1 Å². The second-order valence-electron chi connectivity index (χ2n) is 5.04. The predicted molar refractivity (Wildman–Crippen MR) is 79.6 cm³/mol. The minimum atomic E-state index is 0.817. The van der Waals surface area contributed by atoms with E-state index in [1.165, 1.54) is 0 Å². The number of fused-ring (bicyclic) bond motifs is 1. The van der Waals surface area contributed by atoms with Gasteiger partial charge >= 0.3 is 0 Å². The molecule has 1 aromatic heterocycles. The van der Waals surface area contributed by atoms with E-state index in [0.29, 0.717) is 0 Å². The lowest BCUT2D eigenvalue weighted by atomic mass is 10.1. The summed E-state index contributed by atoms with van der Waals surface area (Å²) in [6.45, 7) is 7.13. The molecule has 4 heteroatoms. The van der Waals surface area contributed by atoms with E-state index in [-0.39, 0.29) is 0 Å². The Kier molecular flexibility index (Phi) is 3.69. The van der Waals surface area contributed by atoms with Gasteiger partial charge in [0.25, 0.3) is 0 Å². The normalized spacial score (nSPS) is 16.9. The molecule has 3 nitrogen and oxygen atoms in total. The van der Waals surface area contributed by atoms with Crippen molar-refractivity contribution in [3.05, 3.63) is 40.5 Å². The number of hydrogen-bond donors (Lipinski definition) is 1. The molecule has 2 heterocycles. The lowest BCUT2D eigenvalue weighted by molar-refractivity contribution is 0.231. The largest absolute Gasteiger partial charge is 0.314 e. The first kappa shape index (κ1) is 12.9. The van der Waals surface area contributed by atoms with Crippen molar-refractivity contribution in [3.8, 4) is 0 Å². The van der Waals surface area contributed by atoms with E-state index in [1.807, 2.05) is 12.1 Å². The predicted octanol–water partition coefficient (Wildman–Crippen LogP) is 2.60. The summed E-state index contributed by atoms with van der Waals surface area (Å²) in [4.78, 5) is 7.14. The Morgan fingerprint density at radius 1 is 1.26 bits per heavy atom. The SMILES string of the molecule is Cc1c(Cl)c(CN2CCNCC2)nc2ccccc12. The van der Waals surface area contributed by atoms with Crippen LogP contribution >= 0.6 is 11.6 Å². The number of piperazine rings is 1. The second-order valence-corrected chi connectivity index (χ2v) is 5.42. The number of benzene rings is 1. The standard InChI is InChI=1S/C15H18ClN3/c1-11-12-4-2-3-5-13(12)18-14(15(11)16)10-19-8-6-17-7-9-19/h2-5,17H,6-10H2,1H3. The van der Waals surface area contributed by atoms with E-state index < -0.39 is 0 Å². The molecule has 1 N–H and O–H groups in total. The van der Waals surface area contributed by atoms with Gasteiger partial charge in [-0.1, -0.05) is 29.8 Å². The molecule has 19 heavy (non-hydrogen) atoms. The molecule has 0 atom stereocenters. The molecule has 0 saturated carbocycles. The van der Waals surface area contributed by atoms with Gasteiger partial charge in [0.15, 0.2) is 0 Å². The highest BCUT2D eigenvalue weighted by molar-refractivity contribution is 6.32. The molecule has 0 unspecified atom stereocenters. The molecule has 0 bridgehead atoms. The van der Waals surface area contributed by atoms with E-state index in [4.69, 9.17) is 16.6 Å². The van der Waals surface area contributed by atoms with Gasteiger partial charge in [-0.05, 0) is 18.6 Å². The van der Waals surface area contributed by atoms with Crippen molar-refractivity contribution in [3.63, 3.8) is 0 Å². The average Bonchev–Trinajstić information content (AvgIpc) is 2.46. The Morgan fingerprint density at radius 2 is 2.00 bits per heavy atom. The molecule has 1 fully saturated rings. The molecule has 1 aromatic carbocycles. The van der Waals surface area contributed by atoms with E-state index in [0.717, 1.165) is 59.9 Å². The van der Waals surface area contributed by atoms with Crippen LogP contribution in [0, 0.1) is 6.92 Å². The Bertz CT molecular complexity index is 591. The van der Waals surface area contributed by atoms with Gasteiger partial charge < -0.3 is 5.32 Å². The number of aryl methyl sites for hydroxylation is 1. The maximum absolute atomic E-state index is 6.49. The first-order valence-corrected chi connectivity index (χ1v) is 7.10. The van der Waals surface area contributed by atoms with Crippen molar-refractivity contribution in [2.75, 3.05) is 26.2 Å². The molecule has 0 amide bonds. The van der Waals surface area contributed by atoms with Crippen LogP contribution in [-0.2, 0) is 6.54 Å². The molecular weight excluding hydrogens is 258 g/mol. The van der Waals surface area contributed by atoms with Gasteiger partial charge in [-0.25, -0.2) is 4.98 Å². The van der Waals surface area contributed by atoms with E-state index >= 15 is 0 Å². The molecule has 2 aromatic rings. The van der Waals surface area contributed by atoms with Crippen molar-refractivity contribution in [1.82, 2.24) is 15.2 Å². The second kappa shape index (κ2) is 5.45. The maximum atomic E-state index is 6.49. The molecule has 1 saturated heterocycles. The molecule has 100 valence electrons. The molecular formula is C15H18ClN3. The third-order valence-electron chi connectivity index (χ3n) is 3.73. The smallest absolute Gasteiger partial charge is 0.0740 e. The van der Waals surface area contributed by atoms with E-state index in [1.54, 1.807) is 0 Å². The van der Waals surface area contributed by atoms with Crippen molar-refractivity contribution in [1.29, 1.82) is 0 Å². The van der Waals surface area contributed by atoms with Crippen molar-refractivity contribution >= 4 is 22.5 Å². The average molecular weight is 276 g/mol. The highest BCUT2D eigenvalue weighted by atomic mass is 35.5. The summed E-state index contributed by atoms with van der Waals surface area (Å²) in [6.07, 6.45) is 0. The number of pyridine rings is 1. The monoisotopic (exact) mass is 275 g/mol. The van der Waals surface area contributed by atoms with Crippen LogP contribution in [0.15, 0.2) is 24.3 Å². The third-order valence-corrected chi connectivity index (χ3v) is 4.23. The fourth-order valence-electron chi connectivity index (χ4n) is 2.60. The fourth-order valence-corrected chi connectivity index (χ4v) is 2.81. The first-order chi connectivity index (χ1) is 9.25. The topological polar surface area (TPSA) is 28.2 Å². The number of halogens is 1. The minimum absolute atomic E-state index is 0.817. The zero-order valence-corrected chi connectivity index (χ0v) is 11.9. The number of nitrogens with one attached hydrogen (secondary N) is 1. The minimum Gasteiger partial charge on any atom is -0.314 e. The molecule has 0 aliphatic carbocycles. The lowest BCUT2D eigenvalue weighted by Gasteiger charge is -2.27. The number of aromatic nitrogens is 1. The van der Waals surface area contributed by atoms with Gasteiger partial charge in [-0.2, -0.15) is 0 Å². The Morgan fingerprint density at radius 3 is 2.79 bits per heavy atom. The van der Waals surface area contributed by atoms with Gasteiger partial charge in [-0.3, -0.25) is 4.90 Å². The van der Waals surface area contributed by atoms with Gasteiger partial charge in [0.1, 0.15) is 0 Å². The summed E-state index contributed by atoms with van der Waals surface area (Å²) < 4.78 is 0. The quantitative estimate of drug-likeness (QED) is 0.913. The molecule has 1 aliphatic rings. The molecule has 1 aliphatic heterocycles. The van der Waals surface area contributed by atoms with Crippen LogP contribution in [0.4, 0.5) is 0 Å². The molecule has 3 rings (SSSR count). The highest BCUT2D eigenvalue weighted by Crippen LogP contribution is 2.27. The van der Waals surface area contributed by atoms with Crippen LogP contribution in [0.25, 0.3) is 10.9 Å². The number of nitrogens with zero attached hydrogens (tertiary/aromatic N) is 2. The zero-order valence-electron chi connectivity index (χ0n) is 11.1. The zero-order chi connectivity index (χ0) is 13.2. The van der Waals surface area contributed by atoms with Crippen LogP contribution in [0.5, 0.6) is 0 Å². The van der Waals surface area contributed by atoms with Gasteiger partial charge in [0.05, 0.1) is 16.2 Å². The Labute approximate surface area is 118 Å². The van der Waals surface area contributed by atoms with Gasteiger partial charge in [-0.15, -0.1) is 0 Å². The summed E-state index contributed by atoms with van der Waals surface area (Å²) in [5.41, 5.74) is 3.17. The molecule has 0 radical (unpaired) electrons. The maximum Gasteiger partial charge on any atom is 0.0740 e. The summed E-state index contributed by atoms with van der Waals surface area (Å²) in [6, 6.07) is 8.19. The fraction of sp³-hybridized carbons (Fsp3) is 0.400. The van der Waals surface area contributed by atoms with Crippen LogP contribution < -0.4 is 5.32 Å². The lowest BCUT2D eigenvalue weighted by Crippen LogP contribution is -2.43. The molecule has 0 spiro atoms. The van der Waals surface area contributed by atoms with E-state index in [9.17, 15) is 0 Å². The van der Waals surface area contributed by atoms with Crippen molar-refractivity contribution < 1.29 is 0 Å². The highest BCUT2D eigenvalue weighted by Gasteiger charge is 2.15. The van der Waals surface area contributed by atoms with Crippen LogP contribution in [0.2, 0.25) is 5.02 Å². The van der Waals surface area contributed by atoms with Crippen molar-refractivity contribution in [2.24, 2.45) is 0 Å². The summed E-state index contributed by atoms with van der Waals surface area (Å²) >= 11 is 6.49. The number of rotatable bonds is 2.